The van der Waals surface area contributed by atoms with E-state index in [2.05, 4.69) is 62.1 Å². The number of piperidine rings is 1. The normalized spacial score (nSPS) is 20.1. The van der Waals surface area contributed by atoms with Crippen molar-refractivity contribution in [2.75, 3.05) is 0 Å². The number of likely N-dealkylation sites (tertiary alicyclic amines) is 1. The molecular weight excluding hydrogens is 702 g/mol. The van der Waals surface area contributed by atoms with Crippen molar-refractivity contribution < 1.29 is 14.4 Å². The van der Waals surface area contributed by atoms with Crippen LogP contribution in [0.4, 0.5) is 0 Å². The molecule has 1 amide bonds. The van der Waals surface area contributed by atoms with Crippen molar-refractivity contribution in [1.29, 1.82) is 0 Å². The van der Waals surface area contributed by atoms with E-state index in [4.69, 9.17) is 4.98 Å². The summed E-state index contributed by atoms with van der Waals surface area (Å²) in [6.45, 7) is 11.6. The largest absolute Gasteiger partial charge is 0.327 e. The number of ketones is 2. The lowest BCUT2D eigenvalue weighted by Crippen LogP contribution is -2.45. The topological polar surface area (TPSA) is 124 Å². The number of amides is 1. The van der Waals surface area contributed by atoms with E-state index in [0.29, 0.717) is 39.1 Å². The zero-order valence-corrected chi connectivity index (χ0v) is 30.9. The molecule has 1 aliphatic carbocycles. The average Bonchev–Trinajstić information content (AvgIpc) is 3.35. The number of hydrogen-bond donors (Lipinski definition) is 0. The predicted molar refractivity (Wildman–Crippen MR) is 191 cm³/mol. The molecule has 252 valence electrons. The van der Waals surface area contributed by atoms with Crippen molar-refractivity contribution in [2.45, 2.75) is 91.3 Å². The van der Waals surface area contributed by atoms with Crippen LogP contribution in [0, 0.1) is 19.3 Å². The highest BCUT2D eigenvalue weighted by molar-refractivity contribution is 9.10. The first-order chi connectivity index (χ1) is 23.2. The molecule has 5 heterocycles. The molecule has 49 heavy (non-hydrogen) atoms. The van der Waals surface area contributed by atoms with Crippen LogP contribution in [0.5, 0.6) is 0 Å². The van der Waals surface area contributed by atoms with E-state index >= 15 is 0 Å². The summed E-state index contributed by atoms with van der Waals surface area (Å²) >= 11 is 5.09. The van der Waals surface area contributed by atoms with Crippen LogP contribution < -0.4 is 0 Å². The summed E-state index contributed by atoms with van der Waals surface area (Å²) in [6.07, 6.45) is 5.77. The van der Waals surface area contributed by atoms with Crippen LogP contribution in [0.2, 0.25) is 0 Å². The predicted octanol–water partition coefficient (Wildman–Crippen LogP) is 6.64. The fourth-order valence-electron chi connectivity index (χ4n) is 7.05. The van der Waals surface area contributed by atoms with Gasteiger partial charge < -0.3 is 4.90 Å². The van der Waals surface area contributed by atoms with Gasteiger partial charge in [-0.2, -0.15) is 5.10 Å². The van der Waals surface area contributed by atoms with Gasteiger partial charge >= 0.3 is 0 Å². The Hall–Kier alpha value is -4.16. The lowest BCUT2D eigenvalue weighted by atomic mass is 9.92. The van der Waals surface area contributed by atoms with Crippen molar-refractivity contribution in [2.24, 2.45) is 5.41 Å². The molecule has 4 aromatic heterocycles. The number of carbonyl (C=O) groups excluding carboxylic acids is 3. The van der Waals surface area contributed by atoms with E-state index in [-0.39, 0.29) is 47.3 Å². The van der Waals surface area contributed by atoms with E-state index in [1.165, 1.54) is 6.92 Å². The molecule has 1 saturated heterocycles. The molecular formula is C37H38BrN7O3S. The zero-order chi connectivity index (χ0) is 34.8. The van der Waals surface area contributed by atoms with Gasteiger partial charge in [0.25, 0.3) is 0 Å². The number of pyridine rings is 1. The van der Waals surface area contributed by atoms with Crippen LogP contribution in [0.3, 0.4) is 0 Å². The Morgan fingerprint density at radius 3 is 2.47 bits per heavy atom. The summed E-state index contributed by atoms with van der Waals surface area (Å²) in [5.74, 6) is 0.261. The second kappa shape index (κ2) is 12.3. The first-order valence-corrected chi connectivity index (χ1v) is 18.1. The molecule has 1 aliphatic heterocycles. The smallest absolute Gasteiger partial charge is 0.245 e. The van der Waals surface area contributed by atoms with Crippen LogP contribution in [0.15, 0.2) is 52.7 Å². The maximum Gasteiger partial charge on any atom is 0.245 e. The first kappa shape index (κ1) is 33.3. The molecule has 0 unspecified atom stereocenters. The molecule has 1 saturated carbocycles. The lowest BCUT2D eigenvalue weighted by Gasteiger charge is -2.27. The number of hydrogen-bond acceptors (Lipinski definition) is 9. The molecule has 2 fully saturated rings. The number of Topliss-reactive ketones (excluding diaryl/α,β-unsaturated/α-hetero) is 2. The van der Waals surface area contributed by atoms with E-state index in [0.717, 1.165) is 40.2 Å². The highest BCUT2D eigenvalue weighted by Gasteiger charge is 2.67. The average molecular weight is 741 g/mol. The quantitative estimate of drug-likeness (QED) is 0.122. The number of thiazole rings is 1. The van der Waals surface area contributed by atoms with E-state index in [1.807, 2.05) is 49.1 Å². The Labute approximate surface area is 297 Å². The number of aromatic nitrogens is 6. The van der Waals surface area contributed by atoms with Gasteiger partial charge in [-0.25, -0.2) is 19.9 Å². The van der Waals surface area contributed by atoms with Gasteiger partial charge in [0.05, 0.1) is 34.4 Å². The van der Waals surface area contributed by atoms with Gasteiger partial charge in [0, 0.05) is 58.9 Å². The zero-order valence-electron chi connectivity index (χ0n) is 28.5. The summed E-state index contributed by atoms with van der Waals surface area (Å²) in [5.41, 5.74) is 5.07. The van der Waals surface area contributed by atoms with Crippen molar-refractivity contribution in [1.82, 2.24) is 34.6 Å². The van der Waals surface area contributed by atoms with Gasteiger partial charge in [0.1, 0.15) is 22.7 Å². The van der Waals surface area contributed by atoms with Crippen LogP contribution >= 0.6 is 27.3 Å². The maximum atomic E-state index is 14.4. The van der Waals surface area contributed by atoms with Crippen molar-refractivity contribution in [3.05, 3.63) is 86.2 Å². The second-order valence-electron chi connectivity index (χ2n) is 14.5. The standard InChI is InChI=1S/C37H38BrN7O3S/c1-20-7-10-32(38)41-26(20)12-29(47)28-13-37(15-33-42-30(19-49-33)36(4,5)6)14-31(37)45(28)34(48)18-44-27-9-8-23(24-16-39-22(3)40-17-24)11-25(27)35(43-44)21(2)46/h7-11,16-17,19,28,31H,12-15,18H2,1-6H3/t28-,31+,37-/m0/s1. The monoisotopic (exact) mass is 739 g/mol. The van der Waals surface area contributed by atoms with E-state index in [1.54, 1.807) is 28.4 Å². The number of halogens is 1. The Balaban J connectivity index is 1.20. The number of carbonyl (C=O) groups is 3. The Bertz CT molecular complexity index is 2130. The van der Waals surface area contributed by atoms with E-state index in [9.17, 15) is 14.4 Å². The second-order valence-corrected chi connectivity index (χ2v) is 16.3. The third-order valence-corrected chi connectivity index (χ3v) is 11.2. The molecule has 7 rings (SSSR count). The third-order valence-electron chi connectivity index (χ3n) is 9.89. The number of rotatable bonds is 9. The summed E-state index contributed by atoms with van der Waals surface area (Å²) in [6, 6.07) is 8.84. The number of fused-ring (bicyclic) bond motifs is 2. The highest BCUT2D eigenvalue weighted by Crippen LogP contribution is 2.61. The molecule has 0 radical (unpaired) electrons. The Kier molecular flexibility index (Phi) is 8.38. The van der Waals surface area contributed by atoms with Crippen LogP contribution in [0.1, 0.15) is 78.8 Å². The van der Waals surface area contributed by atoms with Gasteiger partial charge in [0.15, 0.2) is 11.6 Å². The molecule has 1 aromatic carbocycles. The van der Waals surface area contributed by atoms with Gasteiger partial charge in [-0.1, -0.05) is 32.9 Å². The van der Waals surface area contributed by atoms with Gasteiger partial charge in [0.2, 0.25) is 5.91 Å². The fraction of sp³-hybridized carbons (Fsp3) is 0.405. The van der Waals surface area contributed by atoms with Crippen LogP contribution in [-0.4, -0.2) is 64.2 Å². The highest BCUT2D eigenvalue weighted by atomic mass is 79.9. The van der Waals surface area contributed by atoms with Crippen LogP contribution in [0.25, 0.3) is 22.0 Å². The maximum absolute atomic E-state index is 14.4. The van der Waals surface area contributed by atoms with Crippen molar-refractivity contribution in [3.8, 4) is 11.1 Å². The fourth-order valence-corrected chi connectivity index (χ4v) is 8.57. The van der Waals surface area contributed by atoms with Crippen molar-refractivity contribution >= 4 is 55.6 Å². The minimum atomic E-state index is -0.587. The molecule has 10 nitrogen and oxygen atoms in total. The first-order valence-electron chi connectivity index (χ1n) is 16.4. The molecule has 0 N–H and O–H groups in total. The number of benzene rings is 1. The Morgan fingerprint density at radius 1 is 1.02 bits per heavy atom. The molecule has 3 atom stereocenters. The summed E-state index contributed by atoms with van der Waals surface area (Å²) in [7, 11) is 0. The summed E-state index contributed by atoms with van der Waals surface area (Å²) in [5, 5.41) is 8.45. The lowest BCUT2D eigenvalue weighted by molar-refractivity contribution is -0.139. The van der Waals surface area contributed by atoms with Crippen LogP contribution in [-0.2, 0) is 34.4 Å². The number of aryl methyl sites for hydroxylation is 2. The van der Waals surface area contributed by atoms with Gasteiger partial charge in [-0.05, 0) is 71.9 Å². The minimum absolute atomic E-state index is 0.0251. The molecule has 0 bridgehead atoms. The van der Waals surface area contributed by atoms with Gasteiger partial charge in [-0.15, -0.1) is 11.3 Å². The molecule has 5 aromatic rings. The molecule has 12 heteroatoms. The Morgan fingerprint density at radius 2 is 1.78 bits per heavy atom. The summed E-state index contributed by atoms with van der Waals surface area (Å²) < 4.78 is 2.27. The molecule has 0 spiro atoms. The van der Waals surface area contributed by atoms with E-state index < -0.39 is 6.04 Å². The summed E-state index contributed by atoms with van der Waals surface area (Å²) in [4.78, 5) is 61.2. The third kappa shape index (κ3) is 6.36. The number of nitrogens with zero attached hydrogens (tertiary/aromatic N) is 7. The SMILES string of the molecule is CC(=O)c1nn(CC(=O)N2[C@H](C(=O)Cc3nc(Br)ccc3C)C[C@@]3(Cc4nc(C(C)(C)C)cs4)C[C@@H]23)c2ccc(-c3cnc(C)nc3)cc12. The van der Waals surface area contributed by atoms with Crippen molar-refractivity contribution in [3.63, 3.8) is 0 Å². The van der Waals surface area contributed by atoms with Gasteiger partial charge in [-0.3, -0.25) is 19.1 Å². The molecule has 2 aliphatic rings. The minimum Gasteiger partial charge on any atom is -0.327 e.